The van der Waals surface area contributed by atoms with Gasteiger partial charge in [0.25, 0.3) is 10.0 Å². The molecule has 1 atom stereocenters. The minimum atomic E-state index is -3.79. The molecule has 0 unspecified atom stereocenters. The molecule has 1 heterocycles. The first kappa shape index (κ1) is 27.4. The second-order valence-electron chi connectivity index (χ2n) is 8.64. The first-order valence-electron chi connectivity index (χ1n) is 11.4. The van der Waals surface area contributed by atoms with E-state index in [0.717, 1.165) is 0 Å². The van der Waals surface area contributed by atoms with Crippen LogP contribution in [0.5, 0.6) is 0 Å². The molecule has 1 aliphatic rings. The number of piperidine rings is 1. The molecule has 0 bridgehead atoms. The summed E-state index contributed by atoms with van der Waals surface area (Å²) in [6.07, 6.45) is 1.05. The van der Waals surface area contributed by atoms with Crippen molar-refractivity contribution in [2.45, 2.75) is 23.5 Å². The Morgan fingerprint density at radius 1 is 0.865 bits per heavy atom. The second kappa shape index (κ2) is 11.4. The van der Waals surface area contributed by atoms with Crippen LogP contribution in [0.15, 0.2) is 77.7 Å². The molecular formula is C25H25Cl2N3O5S2. The van der Waals surface area contributed by atoms with Gasteiger partial charge in [-0.25, -0.2) is 21.1 Å². The molecule has 0 aromatic heterocycles. The number of rotatable bonds is 8. The lowest BCUT2D eigenvalue weighted by Gasteiger charge is -2.31. The lowest BCUT2D eigenvalue weighted by atomic mass is 9.99. The van der Waals surface area contributed by atoms with Gasteiger partial charge in [-0.2, -0.15) is 0 Å². The zero-order chi connectivity index (χ0) is 26.6. The standard InChI is InChI=1S/C25H25Cl2N3O5S2/c26-23-9-4-10-24(27)22(23)17-36(32,33)30-15-5-6-18(16-30)25(31)28-19-11-13-21(14-12-19)37(34,35)29-20-7-2-1-3-8-20/h1-4,7-14,18,29H,5-6,15-17H2,(H,28,31)/t18-/m0/s1. The van der Waals surface area contributed by atoms with E-state index >= 15 is 0 Å². The van der Waals surface area contributed by atoms with Crippen molar-refractivity contribution in [1.82, 2.24) is 4.31 Å². The Hall–Kier alpha value is -2.63. The average molecular weight is 583 g/mol. The molecule has 1 fully saturated rings. The highest BCUT2D eigenvalue weighted by molar-refractivity contribution is 7.92. The van der Waals surface area contributed by atoms with Crippen LogP contribution in [0.25, 0.3) is 0 Å². The van der Waals surface area contributed by atoms with Gasteiger partial charge in [-0.05, 0) is 61.4 Å². The number of halogens is 2. The van der Waals surface area contributed by atoms with E-state index in [-0.39, 0.29) is 33.1 Å². The SMILES string of the molecule is O=C(Nc1ccc(S(=O)(=O)Nc2ccccc2)cc1)[C@H]1CCCN(S(=O)(=O)Cc2c(Cl)cccc2Cl)C1. The van der Waals surface area contributed by atoms with E-state index < -0.39 is 26.0 Å². The Morgan fingerprint density at radius 2 is 1.51 bits per heavy atom. The van der Waals surface area contributed by atoms with Crippen LogP contribution >= 0.6 is 23.2 Å². The van der Waals surface area contributed by atoms with E-state index in [1.807, 2.05) is 0 Å². The predicted molar refractivity (Wildman–Crippen MR) is 146 cm³/mol. The molecule has 3 aromatic rings. The van der Waals surface area contributed by atoms with Gasteiger partial charge in [0.05, 0.1) is 16.6 Å². The maximum Gasteiger partial charge on any atom is 0.261 e. The predicted octanol–water partition coefficient (Wildman–Crippen LogP) is 4.97. The van der Waals surface area contributed by atoms with Gasteiger partial charge >= 0.3 is 0 Å². The summed E-state index contributed by atoms with van der Waals surface area (Å²) in [5, 5.41) is 3.30. The zero-order valence-corrected chi connectivity index (χ0v) is 22.7. The lowest BCUT2D eigenvalue weighted by Crippen LogP contribution is -2.44. The molecule has 0 saturated carbocycles. The van der Waals surface area contributed by atoms with E-state index in [1.54, 1.807) is 48.5 Å². The monoisotopic (exact) mass is 581 g/mol. The summed E-state index contributed by atoms with van der Waals surface area (Å²) in [5.41, 5.74) is 1.18. The molecule has 196 valence electrons. The van der Waals surface area contributed by atoms with Gasteiger partial charge < -0.3 is 5.32 Å². The number of hydrogen-bond acceptors (Lipinski definition) is 5. The fourth-order valence-electron chi connectivity index (χ4n) is 4.04. The molecule has 12 heteroatoms. The van der Waals surface area contributed by atoms with E-state index in [1.165, 1.54) is 28.6 Å². The third kappa shape index (κ3) is 6.82. The van der Waals surface area contributed by atoms with Crippen molar-refractivity contribution in [3.63, 3.8) is 0 Å². The Balaban J connectivity index is 1.39. The van der Waals surface area contributed by atoms with Crippen molar-refractivity contribution in [2.24, 2.45) is 5.92 Å². The molecular weight excluding hydrogens is 557 g/mol. The molecule has 0 radical (unpaired) electrons. The molecule has 1 aliphatic heterocycles. The van der Waals surface area contributed by atoms with E-state index in [9.17, 15) is 21.6 Å². The minimum absolute atomic E-state index is 0.0314. The van der Waals surface area contributed by atoms with Crippen LogP contribution in [0.3, 0.4) is 0 Å². The average Bonchev–Trinajstić information content (AvgIpc) is 2.87. The summed E-state index contributed by atoms with van der Waals surface area (Å²) in [4.78, 5) is 13.0. The van der Waals surface area contributed by atoms with Gasteiger partial charge in [0.1, 0.15) is 0 Å². The first-order valence-corrected chi connectivity index (χ1v) is 15.3. The normalized spacial score (nSPS) is 16.8. The summed E-state index contributed by atoms with van der Waals surface area (Å²) >= 11 is 12.3. The maximum atomic E-state index is 13.1. The van der Waals surface area contributed by atoms with Crippen molar-refractivity contribution >= 4 is 60.5 Å². The number of carbonyl (C=O) groups is 1. The number of carbonyl (C=O) groups excluding carboxylic acids is 1. The van der Waals surface area contributed by atoms with Gasteiger partial charge in [-0.3, -0.25) is 9.52 Å². The number of benzene rings is 3. The molecule has 1 saturated heterocycles. The summed E-state index contributed by atoms with van der Waals surface area (Å²) < 4.78 is 55.1. The van der Waals surface area contributed by atoms with E-state index in [4.69, 9.17) is 23.2 Å². The highest BCUT2D eigenvalue weighted by Gasteiger charge is 2.33. The Morgan fingerprint density at radius 3 is 2.16 bits per heavy atom. The molecule has 1 amide bonds. The summed E-state index contributed by atoms with van der Waals surface area (Å²) in [7, 11) is -7.55. The van der Waals surface area contributed by atoms with Gasteiger partial charge in [0, 0.05) is 40.1 Å². The van der Waals surface area contributed by atoms with Gasteiger partial charge in [0.15, 0.2) is 0 Å². The smallest absolute Gasteiger partial charge is 0.261 e. The van der Waals surface area contributed by atoms with Crippen molar-refractivity contribution in [2.75, 3.05) is 23.1 Å². The quantitative estimate of drug-likeness (QED) is 0.389. The van der Waals surface area contributed by atoms with E-state index in [0.29, 0.717) is 36.3 Å². The van der Waals surface area contributed by atoms with Crippen LogP contribution in [-0.2, 0) is 30.6 Å². The summed E-state index contributed by atoms with van der Waals surface area (Å²) in [6, 6.07) is 19.1. The number of anilines is 2. The molecule has 0 aliphatic carbocycles. The van der Waals surface area contributed by atoms with Crippen molar-refractivity contribution in [3.05, 3.63) is 88.4 Å². The van der Waals surface area contributed by atoms with Crippen LogP contribution in [0.1, 0.15) is 18.4 Å². The first-order chi connectivity index (χ1) is 17.5. The fraction of sp³-hybridized carbons (Fsp3) is 0.240. The van der Waals surface area contributed by atoms with E-state index in [2.05, 4.69) is 10.0 Å². The lowest BCUT2D eigenvalue weighted by molar-refractivity contribution is -0.120. The number of sulfonamides is 2. The third-order valence-corrected chi connectivity index (χ3v) is 9.87. The topological polar surface area (TPSA) is 113 Å². The minimum Gasteiger partial charge on any atom is -0.326 e. The van der Waals surface area contributed by atoms with Crippen LogP contribution in [0.4, 0.5) is 11.4 Å². The molecule has 37 heavy (non-hydrogen) atoms. The highest BCUT2D eigenvalue weighted by Crippen LogP contribution is 2.29. The van der Waals surface area contributed by atoms with Crippen LogP contribution in [0.2, 0.25) is 10.0 Å². The zero-order valence-electron chi connectivity index (χ0n) is 19.6. The van der Waals surface area contributed by atoms with Crippen LogP contribution < -0.4 is 10.0 Å². The number of nitrogens with zero attached hydrogens (tertiary/aromatic N) is 1. The molecule has 4 rings (SSSR count). The van der Waals surface area contributed by atoms with Gasteiger partial charge in [-0.1, -0.05) is 47.5 Å². The van der Waals surface area contributed by atoms with Crippen molar-refractivity contribution in [1.29, 1.82) is 0 Å². The number of para-hydroxylation sites is 1. The Labute approximate surface area is 226 Å². The van der Waals surface area contributed by atoms with Crippen molar-refractivity contribution in [3.8, 4) is 0 Å². The molecule has 0 spiro atoms. The second-order valence-corrected chi connectivity index (χ2v) is 13.1. The number of nitrogens with one attached hydrogen (secondary N) is 2. The summed E-state index contributed by atoms with van der Waals surface area (Å²) in [6.45, 7) is 0.332. The molecule has 2 N–H and O–H groups in total. The largest absolute Gasteiger partial charge is 0.326 e. The van der Waals surface area contributed by atoms with Crippen molar-refractivity contribution < 1.29 is 21.6 Å². The Bertz CT molecular complexity index is 1460. The van der Waals surface area contributed by atoms with Crippen LogP contribution in [0, 0.1) is 5.92 Å². The molecule has 3 aromatic carbocycles. The van der Waals surface area contributed by atoms with Crippen LogP contribution in [-0.4, -0.2) is 40.1 Å². The fourth-order valence-corrected chi connectivity index (χ4v) is 7.46. The summed E-state index contributed by atoms with van der Waals surface area (Å²) in [5.74, 6) is -1.26. The number of amides is 1. The Kier molecular flexibility index (Phi) is 8.45. The van der Waals surface area contributed by atoms with Gasteiger partial charge in [-0.15, -0.1) is 0 Å². The highest BCUT2D eigenvalue weighted by atomic mass is 35.5. The third-order valence-electron chi connectivity index (χ3n) is 5.99. The molecule has 8 nitrogen and oxygen atoms in total. The maximum absolute atomic E-state index is 13.1. The van der Waals surface area contributed by atoms with Gasteiger partial charge in [0.2, 0.25) is 15.9 Å². The number of hydrogen-bond donors (Lipinski definition) is 2.